The molecule has 1 aromatic heterocycles. The molecule has 0 atom stereocenters. The van der Waals surface area contributed by atoms with Gasteiger partial charge in [0.25, 0.3) is 0 Å². The fraction of sp³-hybridized carbons (Fsp3) is 0.154. The van der Waals surface area contributed by atoms with Gasteiger partial charge in [-0.1, -0.05) is 17.7 Å². The first-order valence-electron chi connectivity index (χ1n) is 5.81. The molecule has 0 amide bonds. The summed E-state index contributed by atoms with van der Waals surface area (Å²) in [6.07, 6.45) is -4.52. The fourth-order valence-electron chi connectivity index (χ4n) is 1.67. The maximum Gasteiger partial charge on any atom is 0.416 e. The number of carbonyl (C=O) groups is 1. The number of ether oxygens (including phenoxy) is 1. The molecule has 116 valence electrons. The molecule has 0 bridgehead atoms. The van der Waals surface area contributed by atoms with Crippen LogP contribution in [0.2, 0.25) is 5.15 Å². The lowest BCUT2D eigenvalue weighted by Gasteiger charge is -2.11. The summed E-state index contributed by atoms with van der Waals surface area (Å²) in [5, 5.41) is 15.7. The van der Waals surface area contributed by atoms with Gasteiger partial charge in [0.15, 0.2) is 5.15 Å². The number of hydrogen-bond donors (Lipinski definition) is 1. The molecular formula is C13H8ClF3N2O3. The van der Waals surface area contributed by atoms with Gasteiger partial charge in [0, 0.05) is 5.56 Å². The monoisotopic (exact) mass is 332 g/mol. The predicted octanol–water partition coefficient (Wildman–Crippen LogP) is 3.95. The molecule has 22 heavy (non-hydrogen) atoms. The molecule has 1 aromatic carbocycles. The predicted molar refractivity (Wildman–Crippen MR) is 70.3 cm³/mol. The van der Waals surface area contributed by atoms with E-state index in [2.05, 4.69) is 10.2 Å². The quantitative estimate of drug-likeness (QED) is 0.921. The minimum absolute atomic E-state index is 0.0601. The van der Waals surface area contributed by atoms with Crippen LogP contribution < -0.4 is 4.74 Å². The topological polar surface area (TPSA) is 72.3 Å². The van der Waals surface area contributed by atoms with E-state index >= 15 is 0 Å². The molecule has 0 aliphatic heterocycles. The van der Waals surface area contributed by atoms with E-state index in [1.54, 1.807) is 0 Å². The summed E-state index contributed by atoms with van der Waals surface area (Å²) in [6, 6.07) is 4.10. The average molecular weight is 333 g/mol. The molecule has 2 rings (SSSR count). The molecule has 0 fully saturated rings. The molecule has 0 spiro atoms. The lowest BCUT2D eigenvalue weighted by atomic mass is 10.2. The van der Waals surface area contributed by atoms with E-state index in [1.807, 2.05) is 0 Å². The van der Waals surface area contributed by atoms with Crippen LogP contribution in [-0.4, -0.2) is 21.3 Å². The van der Waals surface area contributed by atoms with Gasteiger partial charge < -0.3 is 9.84 Å². The van der Waals surface area contributed by atoms with Gasteiger partial charge in [-0.3, -0.25) is 0 Å². The third-order valence-corrected chi connectivity index (χ3v) is 2.99. The maximum atomic E-state index is 12.6. The number of nitrogens with zero attached hydrogens (tertiary/aromatic N) is 2. The minimum atomic E-state index is -4.52. The largest absolute Gasteiger partial charge is 0.478 e. The lowest BCUT2D eigenvalue weighted by Crippen LogP contribution is -2.07. The Balaban J connectivity index is 2.40. The average Bonchev–Trinajstić information content (AvgIpc) is 2.41. The summed E-state index contributed by atoms with van der Waals surface area (Å²) < 4.78 is 43.1. The second-order valence-electron chi connectivity index (χ2n) is 4.23. The smallest absolute Gasteiger partial charge is 0.416 e. The normalized spacial score (nSPS) is 11.3. The Kier molecular flexibility index (Phi) is 4.23. The number of rotatable bonds is 3. The third-order valence-electron chi connectivity index (χ3n) is 2.72. The Morgan fingerprint density at radius 1 is 1.32 bits per heavy atom. The highest BCUT2D eigenvalue weighted by atomic mass is 35.5. The second kappa shape index (κ2) is 5.80. The molecular weight excluding hydrogens is 325 g/mol. The Bertz CT molecular complexity index is 735. The first-order chi connectivity index (χ1) is 10.2. The summed E-state index contributed by atoms with van der Waals surface area (Å²) in [5.74, 6) is -1.72. The summed E-state index contributed by atoms with van der Waals surface area (Å²) in [5.41, 5.74) is -1.16. The van der Waals surface area contributed by atoms with E-state index in [1.165, 1.54) is 13.0 Å². The number of halogens is 4. The number of benzene rings is 1. The number of aromatic carboxylic acids is 1. The number of aromatic nitrogens is 2. The zero-order chi connectivity index (χ0) is 16.5. The molecule has 0 saturated heterocycles. The van der Waals surface area contributed by atoms with Crippen LogP contribution in [0, 0.1) is 6.92 Å². The minimum Gasteiger partial charge on any atom is -0.478 e. The van der Waals surface area contributed by atoms with Gasteiger partial charge >= 0.3 is 12.1 Å². The van der Waals surface area contributed by atoms with Crippen LogP contribution in [0.15, 0.2) is 24.3 Å². The van der Waals surface area contributed by atoms with Crippen LogP contribution >= 0.6 is 11.6 Å². The molecule has 0 radical (unpaired) electrons. The van der Waals surface area contributed by atoms with E-state index in [-0.39, 0.29) is 27.9 Å². The first kappa shape index (κ1) is 16.0. The van der Waals surface area contributed by atoms with Crippen LogP contribution in [-0.2, 0) is 6.18 Å². The van der Waals surface area contributed by atoms with Crippen molar-refractivity contribution < 1.29 is 27.8 Å². The van der Waals surface area contributed by atoms with Crippen molar-refractivity contribution in [3.63, 3.8) is 0 Å². The van der Waals surface area contributed by atoms with Crippen molar-refractivity contribution in [1.82, 2.24) is 10.2 Å². The Morgan fingerprint density at radius 2 is 2.00 bits per heavy atom. The van der Waals surface area contributed by atoms with Crippen molar-refractivity contribution >= 4 is 17.6 Å². The maximum absolute atomic E-state index is 12.6. The van der Waals surface area contributed by atoms with Gasteiger partial charge in [0.05, 0.1) is 5.56 Å². The van der Waals surface area contributed by atoms with Crippen molar-refractivity contribution in [2.75, 3.05) is 0 Å². The van der Waals surface area contributed by atoms with Gasteiger partial charge in [-0.25, -0.2) is 4.79 Å². The third kappa shape index (κ3) is 3.28. The van der Waals surface area contributed by atoms with E-state index < -0.39 is 17.7 Å². The highest BCUT2D eigenvalue weighted by molar-refractivity contribution is 6.32. The molecule has 1 heterocycles. The van der Waals surface area contributed by atoms with Crippen molar-refractivity contribution in [1.29, 1.82) is 0 Å². The van der Waals surface area contributed by atoms with Gasteiger partial charge in [-0.05, 0) is 25.1 Å². The number of carboxylic acid groups (broad SMARTS) is 1. The van der Waals surface area contributed by atoms with Gasteiger partial charge in [0.2, 0.25) is 5.88 Å². The lowest BCUT2D eigenvalue weighted by molar-refractivity contribution is -0.137. The van der Waals surface area contributed by atoms with Gasteiger partial charge in [0.1, 0.15) is 11.3 Å². The van der Waals surface area contributed by atoms with E-state index in [0.29, 0.717) is 0 Å². The molecule has 2 aromatic rings. The van der Waals surface area contributed by atoms with E-state index in [9.17, 15) is 18.0 Å². The Hall–Kier alpha value is -2.35. The van der Waals surface area contributed by atoms with E-state index in [0.717, 1.165) is 18.2 Å². The molecule has 0 aliphatic rings. The van der Waals surface area contributed by atoms with Crippen LogP contribution in [0.1, 0.15) is 21.5 Å². The van der Waals surface area contributed by atoms with Crippen molar-refractivity contribution in [3.8, 4) is 11.6 Å². The molecule has 0 unspecified atom stereocenters. The SMILES string of the molecule is Cc1c(Oc2cccc(C(F)(F)F)c2)nnc(Cl)c1C(=O)O. The van der Waals surface area contributed by atoms with Crippen LogP contribution in [0.5, 0.6) is 11.6 Å². The molecule has 1 N–H and O–H groups in total. The summed E-state index contributed by atoms with van der Waals surface area (Å²) in [4.78, 5) is 11.1. The summed E-state index contributed by atoms with van der Waals surface area (Å²) in [6.45, 7) is 1.37. The fourth-order valence-corrected chi connectivity index (χ4v) is 1.93. The number of carboxylic acids is 1. The highest BCUT2D eigenvalue weighted by Gasteiger charge is 2.30. The van der Waals surface area contributed by atoms with Crippen molar-refractivity contribution in [2.45, 2.75) is 13.1 Å². The second-order valence-corrected chi connectivity index (χ2v) is 4.59. The molecule has 9 heteroatoms. The molecule has 5 nitrogen and oxygen atoms in total. The van der Waals surface area contributed by atoms with Gasteiger partial charge in [-0.15, -0.1) is 10.2 Å². The van der Waals surface area contributed by atoms with Crippen molar-refractivity contribution in [2.24, 2.45) is 0 Å². The van der Waals surface area contributed by atoms with E-state index in [4.69, 9.17) is 21.4 Å². The molecule has 0 aliphatic carbocycles. The Labute approximate surface area is 127 Å². The Morgan fingerprint density at radius 3 is 2.59 bits per heavy atom. The first-order valence-corrected chi connectivity index (χ1v) is 6.19. The van der Waals surface area contributed by atoms with Crippen LogP contribution in [0.3, 0.4) is 0 Å². The van der Waals surface area contributed by atoms with Crippen LogP contribution in [0.25, 0.3) is 0 Å². The van der Waals surface area contributed by atoms with Gasteiger partial charge in [-0.2, -0.15) is 13.2 Å². The zero-order valence-electron chi connectivity index (χ0n) is 11.0. The van der Waals surface area contributed by atoms with Crippen LogP contribution in [0.4, 0.5) is 13.2 Å². The standard InChI is InChI=1S/C13H8ClF3N2O3/c1-6-9(12(20)21)10(14)18-19-11(6)22-8-4-2-3-7(5-8)13(15,16)17/h2-5H,1H3,(H,20,21). The summed E-state index contributed by atoms with van der Waals surface area (Å²) >= 11 is 5.63. The number of hydrogen-bond acceptors (Lipinski definition) is 4. The number of alkyl halides is 3. The zero-order valence-corrected chi connectivity index (χ0v) is 11.7. The molecule has 0 saturated carbocycles. The highest BCUT2D eigenvalue weighted by Crippen LogP contribution is 2.33. The van der Waals surface area contributed by atoms with Crippen molar-refractivity contribution in [3.05, 3.63) is 46.1 Å². The summed E-state index contributed by atoms with van der Waals surface area (Å²) in [7, 11) is 0.